The quantitative estimate of drug-likeness (QED) is 0.647. The number of carbonyl (C=O) groups excluding carboxylic acids is 1. The molecule has 0 spiro atoms. The van der Waals surface area contributed by atoms with Gasteiger partial charge in [0.15, 0.2) is 0 Å². The number of likely N-dealkylation sites (tertiary alicyclic amines) is 1. The van der Waals surface area contributed by atoms with Crippen molar-refractivity contribution in [3.8, 4) is 11.1 Å². The Morgan fingerprint density at radius 3 is 2.52 bits per heavy atom. The standard InChI is InChI=1S/C21H21Cl2NO/c1-21-10-9-20(25)24(2)19(21)8-5-15-11-13(3-6-16(15)21)14-4-7-17(22)18(23)12-14/h3-4,6-7,11-12,19H,5,8-10H2,1-2H3/t19?,21-/m1/s1. The molecule has 4 heteroatoms. The van der Waals surface area contributed by atoms with Gasteiger partial charge in [0.1, 0.15) is 0 Å². The molecule has 1 aliphatic heterocycles. The number of hydrogen-bond donors (Lipinski definition) is 0. The number of likely N-dealkylation sites (N-methyl/N-ethyl adjacent to an activating group) is 1. The van der Waals surface area contributed by atoms with Crippen molar-refractivity contribution in [1.29, 1.82) is 0 Å². The topological polar surface area (TPSA) is 20.3 Å². The fourth-order valence-electron chi connectivity index (χ4n) is 4.64. The van der Waals surface area contributed by atoms with Crippen LogP contribution in [-0.4, -0.2) is 23.9 Å². The lowest BCUT2D eigenvalue weighted by Gasteiger charge is -2.50. The van der Waals surface area contributed by atoms with Gasteiger partial charge in [-0.2, -0.15) is 0 Å². The second-order valence-corrected chi connectivity index (χ2v) is 8.29. The molecule has 0 bridgehead atoms. The summed E-state index contributed by atoms with van der Waals surface area (Å²) in [7, 11) is 1.96. The van der Waals surface area contributed by atoms with E-state index < -0.39 is 0 Å². The average molecular weight is 374 g/mol. The van der Waals surface area contributed by atoms with E-state index in [9.17, 15) is 4.79 Å². The first-order chi connectivity index (χ1) is 11.9. The van der Waals surface area contributed by atoms with E-state index in [4.69, 9.17) is 23.2 Å². The Balaban J connectivity index is 1.75. The van der Waals surface area contributed by atoms with Gasteiger partial charge in [0.05, 0.1) is 10.0 Å². The number of piperidine rings is 1. The molecule has 25 heavy (non-hydrogen) atoms. The van der Waals surface area contributed by atoms with Crippen LogP contribution in [0.1, 0.15) is 37.3 Å². The highest BCUT2D eigenvalue weighted by Crippen LogP contribution is 2.46. The van der Waals surface area contributed by atoms with E-state index >= 15 is 0 Å². The Bertz CT molecular complexity index is 863. The summed E-state index contributed by atoms with van der Waals surface area (Å²) in [5.41, 5.74) is 5.09. The summed E-state index contributed by atoms with van der Waals surface area (Å²) in [5.74, 6) is 0.276. The number of amides is 1. The third-order valence-corrected chi connectivity index (χ3v) is 6.85. The summed E-state index contributed by atoms with van der Waals surface area (Å²) in [6, 6.07) is 12.8. The molecule has 0 N–H and O–H groups in total. The van der Waals surface area contributed by atoms with Crippen molar-refractivity contribution in [3.63, 3.8) is 0 Å². The van der Waals surface area contributed by atoms with Gasteiger partial charge in [-0.05, 0) is 53.6 Å². The first kappa shape index (κ1) is 16.9. The van der Waals surface area contributed by atoms with Gasteiger partial charge in [-0.1, -0.05) is 54.4 Å². The number of benzene rings is 2. The lowest BCUT2D eigenvalue weighted by molar-refractivity contribution is -0.138. The van der Waals surface area contributed by atoms with Crippen LogP contribution in [0.3, 0.4) is 0 Å². The highest BCUT2D eigenvalue weighted by Gasteiger charge is 2.46. The van der Waals surface area contributed by atoms with Crippen LogP contribution in [0.2, 0.25) is 10.0 Å². The molecule has 0 saturated carbocycles. The largest absolute Gasteiger partial charge is 0.342 e. The van der Waals surface area contributed by atoms with Crippen LogP contribution in [0.5, 0.6) is 0 Å². The van der Waals surface area contributed by atoms with Crippen LogP contribution in [0.4, 0.5) is 0 Å². The highest BCUT2D eigenvalue weighted by molar-refractivity contribution is 6.42. The summed E-state index contributed by atoms with van der Waals surface area (Å²) < 4.78 is 0. The van der Waals surface area contributed by atoms with Crippen LogP contribution in [-0.2, 0) is 16.6 Å². The number of aryl methyl sites for hydroxylation is 1. The Labute approximate surface area is 158 Å². The zero-order valence-electron chi connectivity index (χ0n) is 14.5. The number of rotatable bonds is 1. The van der Waals surface area contributed by atoms with E-state index in [-0.39, 0.29) is 11.3 Å². The van der Waals surface area contributed by atoms with Crippen molar-refractivity contribution in [2.75, 3.05) is 7.05 Å². The first-order valence-electron chi connectivity index (χ1n) is 8.74. The molecule has 4 rings (SSSR count). The number of nitrogens with zero attached hydrogens (tertiary/aromatic N) is 1. The number of hydrogen-bond acceptors (Lipinski definition) is 1. The fourth-order valence-corrected chi connectivity index (χ4v) is 4.94. The fraction of sp³-hybridized carbons (Fsp3) is 0.381. The van der Waals surface area contributed by atoms with Gasteiger partial charge in [-0.15, -0.1) is 0 Å². The predicted molar refractivity (Wildman–Crippen MR) is 103 cm³/mol. The molecule has 0 aromatic heterocycles. The molecular weight excluding hydrogens is 353 g/mol. The zero-order valence-corrected chi connectivity index (χ0v) is 16.0. The Morgan fingerprint density at radius 2 is 1.76 bits per heavy atom. The molecule has 1 aliphatic carbocycles. The van der Waals surface area contributed by atoms with Crippen LogP contribution in [0.15, 0.2) is 36.4 Å². The second kappa shape index (κ2) is 6.03. The predicted octanol–water partition coefficient (Wildman–Crippen LogP) is 5.49. The maximum absolute atomic E-state index is 12.1. The molecule has 1 saturated heterocycles. The molecule has 2 aromatic rings. The third-order valence-electron chi connectivity index (χ3n) is 6.12. The lowest BCUT2D eigenvalue weighted by atomic mass is 9.63. The minimum absolute atomic E-state index is 0.0480. The van der Waals surface area contributed by atoms with Crippen LogP contribution >= 0.6 is 23.2 Å². The van der Waals surface area contributed by atoms with Gasteiger partial charge in [0.2, 0.25) is 5.91 Å². The minimum atomic E-state index is 0.0480. The highest BCUT2D eigenvalue weighted by atomic mass is 35.5. The summed E-state index contributed by atoms with van der Waals surface area (Å²) in [6.07, 6.45) is 3.59. The average Bonchev–Trinajstić information content (AvgIpc) is 2.60. The number of fused-ring (bicyclic) bond motifs is 3. The number of halogens is 2. The van der Waals surface area contributed by atoms with E-state index in [2.05, 4.69) is 25.1 Å². The van der Waals surface area contributed by atoms with Gasteiger partial charge in [0.25, 0.3) is 0 Å². The van der Waals surface area contributed by atoms with Gasteiger partial charge in [-0.25, -0.2) is 0 Å². The second-order valence-electron chi connectivity index (χ2n) is 7.48. The van der Waals surface area contributed by atoms with E-state index in [0.717, 1.165) is 24.8 Å². The van der Waals surface area contributed by atoms with Crippen molar-refractivity contribution in [1.82, 2.24) is 4.90 Å². The Kier molecular flexibility index (Phi) is 4.09. The van der Waals surface area contributed by atoms with Gasteiger partial charge >= 0.3 is 0 Å². The molecule has 1 unspecified atom stereocenters. The maximum atomic E-state index is 12.1. The van der Waals surface area contributed by atoms with Crippen LogP contribution in [0, 0.1) is 0 Å². The third kappa shape index (κ3) is 2.67. The molecular formula is C21H21Cl2NO. The smallest absolute Gasteiger partial charge is 0.222 e. The maximum Gasteiger partial charge on any atom is 0.222 e. The van der Waals surface area contributed by atoms with E-state index in [1.165, 1.54) is 16.7 Å². The SMILES string of the molecule is CN1C(=O)CC[C@]2(C)c3ccc(-c4ccc(Cl)c(Cl)c4)cc3CCC12. The summed E-state index contributed by atoms with van der Waals surface area (Å²) in [6.45, 7) is 2.32. The molecule has 0 radical (unpaired) electrons. The summed E-state index contributed by atoms with van der Waals surface area (Å²) in [4.78, 5) is 14.1. The molecule has 1 amide bonds. The molecule has 1 heterocycles. The van der Waals surface area contributed by atoms with E-state index in [0.29, 0.717) is 22.5 Å². The van der Waals surface area contributed by atoms with Gasteiger partial charge < -0.3 is 4.90 Å². The Morgan fingerprint density at radius 1 is 1.04 bits per heavy atom. The molecule has 2 aromatic carbocycles. The summed E-state index contributed by atoms with van der Waals surface area (Å²) >= 11 is 12.2. The number of carbonyl (C=O) groups is 1. The molecule has 2 nitrogen and oxygen atoms in total. The van der Waals surface area contributed by atoms with Crippen molar-refractivity contribution < 1.29 is 4.79 Å². The molecule has 130 valence electrons. The lowest BCUT2D eigenvalue weighted by Crippen LogP contribution is -2.56. The van der Waals surface area contributed by atoms with Crippen molar-refractivity contribution >= 4 is 29.1 Å². The summed E-state index contributed by atoms with van der Waals surface area (Å²) in [5, 5.41) is 1.16. The van der Waals surface area contributed by atoms with Gasteiger partial charge in [-0.3, -0.25) is 4.79 Å². The monoisotopic (exact) mass is 373 g/mol. The molecule has 2 aliphatic rings. The Hall–Kier alpha value is -1.51. The van der Waals surface area contributed by atoms with Crippen molar-refractivity contribution in [2.45, 2.75) is 44.1 Å². The molecule has 2 atom stereocenters. The normalized spacial score (nSPS) is 25.5. The first-order valence-corrected chi connectivity index (χ1v) is 9.50. The van der Waals surface area contributed by atoms with Crippen LogP contribution < -0.4 is 0 Å². The van der Waals surface area contributed by atoms with Crippen LogP contribution in [0.25, 0.3) is 11.1 Å². The van der Waals surface area contributed by atoms with E-state index in [1.54, 1.807) is 0 Å². The van der Waals surface area contributed by atoms with Gasteiger partial charge in [0, 0.05) is 24.9 Å². The zero-order chi connectivity index (χ0) is 17.8. The van der Waals surface area contributed by atoms with Crippen molar-refractivity contribution in [2.24, 2.45) is 0 Å². The van der Waals surface area contributed by atoms with E-state index in [1.807, 2.05) is 30.1 Å². The minimum Gasteiger partial charge on any atom is -0.342 e. The van der Waals surface area contributed by atoms with Crippen molar-refractivity contribution in [3.05, 3.63) is 57.6 Å². The molecule has 1 fully saturated rings.